The lowest BCUT2D eigenvalue weighted by molar-refractivity contribution is 0.239. The van der Waals surface area contributed by atoms with Crippen molar-refractivity contribution in [2.75, 3.05) is 7.05 Å². The fourth-order valence-corrected chi connectivity index (χ4v) is 1.63. The first-order valence-electron chi connectivity index (χ1n) is 5.32. The molecule has 0 fully saturated rings. The molecule has 0 aliphatic rings. The molecular weight excluding hydrogens is 196 g/mol. The van der Waals surface area contributed by atoms with Crippen LogP contribution in [0.15, 0.2) is 30.3 Å². The van der Waals surface area contributed by atoms with Gasteiger partial charge in [-0.3, -0.25) is 4.90 Å². The smallest absolute Gasteiger partial charge is 0.0638 e. The molecule has 0 saturated carbocycles. The monoisotopic (exact) mass is 212 g/mol. The lowest BCUT2D eigenvalue weighted by Gasteiger charge is -2.24. The minimum Gasteiger partial charge on any atom is -0.297 e. The molecule has 0 heterocycles. The lowest BCUT2D eigenvalue weighted by Crippen LogP contribution is -2.30. The van der Waals surface area contributed by atoms with Gasteiger partial charge in [-0.1, -0.05) is 30.3 Å². The zero-order valence-electron chi connectivity index (χ0n) is 9.56. The number of benzene rings is 1. The molecule has 16 heavy (non-hydrogen) atoms. The Morgan fingerprint density at radius 3 is 2.56 bits per heavy atom. The van der Waals surface area contributed by atoms with Crippen LogP contribution in [0.3, 0.4) is 0 Å². The summed E-state index contributed by atoms with van der Waals surface area (Å²) in [6, 6.07) is 12.5. The molecule has 82 valence electrons. The zero-order valence-corrected chi connectivity index (χ0v) is 9.56. The molecule has 1 aromatic carbocycles. The molecule has 2 heteroatoms. The number of hydrogen-bond acceptors (Lipinski definition) is 2. The summed E-state index contributed by atoms with van der Waals surface area (Å²) in [4.78, 5) is 2.14. The number of hydrogen-bond donors (Lipinski definition) is 0. The van der Waals surface area contributed by atoms with Gasteiger partial charge < -0.3 is 0 Å². The highest BCUT2D eigenvalue weighted by Gasteiger charge is 2.13. The van der Waals surface area contributed by atoms with Crippen molar-refractivity contribution in [1.82, 2.24) is 4.90 Å². The van der Waals surface area contributed by atoms with Crippen LogP contribution in [0, 0.1) is 23.7 Å². The Balaban J connectivity index is 2.59. The van der Waals surface area contributed by atoms with E-state index < -0.39 is 0 Å². The number of rotatable bonds is 5. The Morgan fingerprint density at radius 1 is 1.31 bits per heavy atom. The third kappa shape index (κ3) is 3.77. The van der Waals surface area contributed by atoms with Crippen molar-refractivity contribution in [3.63, 3.8) is 0 Å². The quantitative estimate of drug-likeness (QED) is 0.701. The Morgan fingerprint density at radius 2 is 2.00 bits per heavy atom. The molecule has 0 spiro atoms. The van der Waals surface area contributed by atoms with Crippen molar-refractivity contribution in [1.29, 1.82) is 5.26 Å². The topological polar surface area (TPSA) is 27.0 Å². The van der Waals surface area contributed by atoms with E-state index in [2.05, 4.69) is 29.0 Å². The van der Waals surface area contributed by atoms with E-state index in [1.54, 1.807) is 0 Å². The first-order chi connectivity index (χ1) is 7.77. The molecule has 0 aliphatic carbocycles. The van der Waals surface area contributed by atoms with Crippen molar-refractivity contribution in [3.05, 3.63) is 35.9 Å². The van der Waals surface area contributed by atoms with Gasteiger partial charge in [0.25, 0.3) is 0 Å². The van der Waals surface area contributed by atoms with Crippen molar-refractivity contribution >= 4 is 0 Å². The normalized spacial score (nSPS) is 11.8. The van der Waals surface area contributed by atoms with Crippen molar-refractivity contribution < 1.29 is 0 Å². The van der Waals surface area contributed by atoms with Crippen LogP contribution < -0.4 is 0 Å². The van der Waals surface area contributed by atoms with Gasteiger partial charge >= 0.3 is 0 Å². The van der Waals surface area contributed by atoms with Gasteiger partial charge in [-0.15, -0.1) is 12.3 Å². The molecule has 0 saturated heterocycles. The highest BCUT2D eigenvalue weighted by Crippen LogP contribution is 2.10. The second-order valence-electron chi connectivity index (χ2n) is 3.83. The molecule has 1 aromatic rings. The van der Waals surface area contributed by atoms with Crippen LogP contribution in [0.25, 0.3) is 0 Å². The molecule has 1 unspecified atom stereocenters. The Bertz CT molecular complexity index is 367. The minimum absolute atomic E-state index is 0.148. The second kappa shape index (κ2) is 6.67. The summed E-state index contributed by atoms with van der Waals surface area (Å²) in [6.07, 6.45) is 6.41. The molecule has 0 N–H and O–H groups in total. The fraction of sp³-hybridized carbons (Fsp3) is 0.357. The second-order valence-corrected chi connectivity index (χ2v) is 3.83. The van der Waals surface area contributed by atoms with Crippen molar-refractivity contribution in [2.45, 2.75) is 25.4 Å². The maximum Gasteiger partial charge on any atom is 0.0638 e. The van der Waals surface area contributed by atoms with Gasteiger partial charge in [0.1, 0.15) is 0 Å². The predicted molar refractivity (Wildman–Crippen MR) is 65.4 cm³/mol. The van der Waals surface area contributed by atoms with E-state index in [-0.39, 0.29) is 6.04 Å². The molecule has 2 nitrogen and oxygen atoms in total. The third-order valence-electron chi connectivity index (χ3n) is 2.58. The van der Waals surface area contributed by atoms with Crippen molar-refractivity contribution in [3.8, 4) is 18.4 Å². The average molecular weight is 212 g/mol. The van der Waals surface area contributed by atoms with Crippen LogP contribution in [0.5, 0.6) is 0 Å². The van der Waals surface area contributed by atoms with E-state index in [9.17, 15) is 0 Å². The number of nitrogens with zero attached hydrogens (tertiary/aromatic N) is 2. The van der Waals surface area contributed by atoms with Gasteiger partial charge in [-0.05, 0) is 12.6 Å². The molecule has 0 radical (unpaired) electrons. The number of terminal acetylenes is 1. The van der Waals surface area contributed by atoms with Gasteiger partial charge in [0.15, 0.2) is 0 Å². The molecule has 1 atom stereocenters. The fourth-order valence-electron chi connectivity index (χ4n) is 1.63. The molecule has 0 aromatic heterocycles. The number of nitriles is 1. The molecule has 0 aliphatic heterocycles. The Hall–Kier alpha value is -1.77. The Labute approximate surface area is 97.5 Å². The van der Waals surface area contributed by atoms with Gasteiger partial charge in [0.2, 0.25) is 0 Å². The third-order valence-corrected chi connectivity index (χ3v) is 2.58. The predicted octanol–water partition coefficient (Wildman–Crippen LogP) is 2.42. The van der Waals surface area contributed by atoms with E-state index >= 15 is 0 Å². The highest BCUT2D eigenvalue weighted by atomic mass is 15.1. The van der Waals surface area contributed by atoms with E-state index in [1.165, 1.54) is 5.56 Å². The summed E-state index contributed by atoms with van der Waals surface area (Å²) in [5.41, 5.74) is 1.24. The molecule has 0 amide bonds. The lowest BCUT2D eigenvalue weighted by atomic mass is 10.1. The van der Waals surface area contributed by atoms with Crippen LogP contribution in [0.1, 0.15) is 18.4 Å². The van der Waals surface area contributed by atoms with Crippen LogP contribution in [0.4, 0.5) is 0 Å². The Kier molecular flexibility index (Phi) is 5.12. The summed E-state index contributed by atoms with van der Waals surface area (Å²) in [7, 11) is 2.01. The molecule has 1 rings (SSSR count). The molecular formula is C14H16N2. The van der Waals surface area contributed by atoms with E-state index in [0.29, 0.717) is 12.8 Å². The first-order valence-corrected chi connectivity index (χ1v) is 5.32. The average Bonchev–Trinajstić information content (AvgIpc) is 2.30. The van der Waals surface area contributed by atoms with Gasteiger partial charge in [0, 0.05) is 19.0 Å². The largest absolute Gasteiger partial charge is 0.297 e. The van der Waals surface area contributed by atoms with E-state index in [1.807, 2.05) is 25.2 Å². The summed E-state index contributed by atoms with van der Waals surface area (Å²) < 4.78 is 0. The van der Waals surface area contributed by atoms with Crippen LogP contribution in [-0.2, 0) is 6.54 Å². The zero-order chi connectivity index (χ0) is 11.8. The maximum atomic E-state index is 8.73. The standard InChI is InChI=1S/C14H16N2/c1-3-7-14(10-11-15)16(2)12-13-8-5-4-6-9-13/h1,4-6,8-9,14H,7,10,12H2,2H3. The highest BCUT2D eigenvalue weighted by molar-refractivity contribution is 5.14. The van der Waals surface area contributed by atoms with E-state index in [0.717, 1.165) is 6.54 Å². The summed E-state index contributed by atoms with van der Waals surface area (Å²) in [5, 5.41) is 8.73. The molecule has 0 bridgehead atoms. The van der Waals surface area contributed by atoms with Gasteiger partial charge in [-0.2, -0.15) is 5.26 Å². The van der Waals surface area contributed by atoms with Crippen LogP contribution in [-0.4, -0.2) is 18.0 Å². The van der Waals surface area contributed by atoms with E-state index in [4.69, 9.17) is 11.7 Å². The SMILES string of the molecule is C#CCC(CC#N)N(C)Cc1ccccc1. The van der Waals surface area contributed by atoms with Crippen LogP contribution >= 0.6 is 0 Å². The first kappa shape index (κ1) is 12.3. The van der Waals surface area contributed by atoms with Crippen LogP contribution in [0.2, 0.25) is 0 Å². The summed E-state index contributed by atoms with van der Waals surface area (Å²) >= 11 is 0. The summed E-state index contributed by atoms with van der Waals surface area (Å²) in [5.74, 6) is 2.63. The minimum atomic E-state index is 0.148. The van der Waals surface area contributed by atoms with Gasteiger partial charge in [0.05, 0.1) is 12.5 Å². The van der Waals surface area contributed by atoms with Crippen molar-refractivity contribution in [2.24, 2.45) is 0 Å². The van der Waals surface area contributed by atoms with Gasteiger partial charge in [-0.25, -0.2) is 0 Å². The summed E-state index contributed by atoms with van der Waals surface area (Å²) in [6.45, 7) is 0.828. The maximum absolute atomic E-state index is 8.73.